The van der Waals surface area contributed by atoms with Crippen LogP contribution in [0.3, 0.4) is 0 Å². The van der Waals surface area contributed by atoms with E-state index in [1.807, 2.05) is 6.07 Å². The van der Waals surface area contributed by atoms with Crippen molar-refractivity contribution in [3.63, 3.8) is 0 Å². The van der Waals surface area contributed by atoms with Gasteiger partial charge in [0.05, 0.1) is 6.10 Å². The molecule has 1 aromatic heterocycles. The van der Waals surface area contributed by atoms with Crippen LogP contribution in [-0.2, 0) is 6.54 Å². The van der Waals surface area contributed by atoms with Crippen LogP contribution in [0.15, 0.2) is 30.5 Å². The van der Waals surface area contributed by atoms with Crippen LogP contribution in [0.4, 0.5) is 0 Å². The molecule has 2 aromatic rings. The van der Waals surface area contributed by atoms with E-state index in [1.165, 1.54) is 22.9 Å². The van der Waals surface area contributed by atoms with E-state index in [4.69, 9.17) is 0 Å². The quantitative estimate of drug-likeness (QED) is 0.777. The summed E-state index contributed by atoms with van der Waals surface area (Å²) < 4.78 is 0. The molecule has 3 rings (SSSR count). The molecule has 0 spiro atoms. The second-order valence-corrected chi connectivity index (χ2v) is 5.20. The lowest BCUT2D eigenvalue weighted by Gasteiger charge is -2.28. The summed E-state index contributed by atoms with van der Waals surface area (Å²) in [5.74, 6) is 0. The van der Waals surface area contributed by atoms with Crippen LogP contribution in [-0.4, -0.2) is 22.2 Å². The second kappa shape index (κ2) is 5.12. The Bertz CT molecular complexity index is 520. The predicted octanol–water partition coefficient (Wildman–Crippen LogP) is 2.56. The molecule has 3 N–H and O–H groups in total. The Morgan fingerprint density at radius 1 is 1.22 bits per heavy atom. The van der Waals surface area contributed by atoms with E-state index in [-0.39, 0.29) is 12.1 Å². The van der Waals surface area contributed by atoms with E-state index >= 15 is 0 Å². The Morgan fingerprint density at radius 3 is 2.94 bits per heavy atom. The average Bonchev–Trinajstić information content (AvgIpc) is 2.81. The van der Waals surface area contributed by atoms with E-state index in [1.54, 1.807) is 0 Å². The van der Waals surface area contributed by atoms with Crippen molar-refractivity contribution in [2.75, 3.05) is 0 Å². The lowest BCUT2D eigenvalue weighted by Crippen LogP contribution is -2.41. The number of fused-ring (bicyclic) bond motifs is 1. The third kappa shape index (κ3) is 2.28. The number of aliphatic hydroxyl groups is 1. The Balaban J connectivity index is 1.69. The standard InChI is InChI=1S/C15H20N2O/c18-15-8-4-3-7-14(15)17-10-11-9-16-13-6-2-1-5-12(11)13/h1-2,5-6,9,14-18H,3-4,7-8,10H2. The first-order valence-corrected chi connectivity index (χ1v) is 6.81. The van der Waals surface area contributed by atoms with Gasteiger partial charge in [0, 0.05) is 29.7 Å². The monoisotopic (exact) mass is 244 g/mol. The molecule has 0 aliphatic heterocycles. The van der Waals surface area contributed by atoms with Crippen molar-refractivity contribution >= 4 is 10.9 Å². The van der Waals surface area contributed by atoms with Crippen molar-refractivity contribution in [2.24, 2.45) is 0 Å². The number of H-pyrrole nitrogens is 1. The molecule has 1 aliphatic rings. The molecule has 2 unspecified atom stereocenters. The molecule has 18 heavy (non-hydrogen) atoms. The van der Waals surface area contributed by atoms with Gasteiger partial charge in [-0.3, -0.25) is 0 Å². The van der Waals surface area contributed by atoms with Crippen LogP contribution in [0, 0.1) is 0 Å². The van der Waals surface area contributed by atoms with Crippen molar-refractivity contribution in [2.45, 2.75) is 44.4 Å². The van der Waals surface area contributed by atoms with Gasteiger partial charge in [0.25, 0.3) is 0 Å². The van der Waals surface area contributed by atoms with Gasteiger partial charge in [-0.15, -0.1) is 0 Å². The maximum atomic E-state index is 9.94. The van der Waals surface area contributed by atoms with Crippen molar-refractivity contribution in [3.05, 3.63) is 36.0 Å². The summed E-state index contributed by atoms with van der Waals surface area (Å²) in [7, 11) is 0. The summed E-state index contributed by atoms with van der Waals surface area (Å²) in [6.07, 6.45) is 6.29. The molecule has 1 aliphatic carbocycles. The highest BCUT2D eigenvalue weighted by Crippen LogP contribution is 2.21. The highest BCUT2D eigenvalue weighted by Gasteiger charge is 2.22. The van der Waals surface area contributed by atoms with Gasteiger partial charge in [0.2, 0.25) is 0 Å². The number of aromatic nitrogens is 1. The zero-order valence-electron chi connectivity index (χ0n) is 10.5. The number of para-hydroxylation sites is 1. The van der Waals surface area contributed by atoms with Gasteiger partial charge in [0.1, 0.15) is 0 Å². The Kier molecular flexibility index (Phi) is 3.35. The number of aliphatic hydroxyl groups excluding tert-OH is 1. The third-order valence-electron chi connectivity index (χ3n) is 3.96. The summed E-state index contributed by atoms with van der Waals surface area (Å²) in [4.78, 5) is 3.28. The first-order chi connectivity index (χ1) is 8.84. The molecule has 1 heterocycles. The van der Waals surface area contributed by atoms with Gasteiger partial charge in [-0.2, -0.15) is 0 Å². The van der Waals surface area contributed by atoms with Crippen LogP contribution in [0.1, 0.15) is 31.2 Å². The second-order valence-electron chi connectivity index (χ2n) is 5.20. The van der Waals surface area contributed by atoms with Crippen LogP contribution in [0.25, 0.3) is 10.9 Å². The fraction of sp³-hybridized carbons (Fsp3) is 0.467. The molecular formula is C15H20N2O. The van der Waals surface area contributed by atoms with Gasteiger partial charge in [0.15, 0.2) is 0 Å². The first kappa shape index (κ1) is 11.8. The van der Waals surface area contributed by atoms with Gasteiger partial charge in [-0.05, 0) is 24.5 Å². The summed E-state index contributed by atoms with van der Waals surface area (Å²) in [5, 5.41) is 14.7. The van der Waals surface area contributed by atoms with E-state index in [0.29, 0.717) is 0 Å². The normalized spacial score (nSPS) is 24.5. The van der Waals surface area contributed by atoms with Crippen molar-refractivity contribution in [1.82, 2.24) is 10.3 Å². The fourth-order valence-electron chi connectivity index (χ4n) is 2.87. The maximum absolute atomic E-state index is 9.94. The molecule has 1 fully saturated rings. The molecule has 3 heteroatoms. The van der Waals surface area contributed by atoms with Crippen LogP contribution in [0.5, 0.6) is 0 Å². The molecule has 2 atom stereocenters. The van der Waals surface area contributed by atoms with Gasteiger partial charge < -0.3 is 15.4 Å². The maximum Gasteiger partial charge on any atom is 0.0693 e. The number of nitrogens with one attached hydrogen (secondary N) is 2. The zero-order valence-corrected chi connectivity index (χ0v) is 10.5. The Morgan fingerprint density at radius 2 is 2.06 bits per heavy atom. The predicted molar refractivity (Wildman–Crippen MR) is 73.4 cm³/mol. The largest absolute Gasteiger partial charge is 0.392 e. The summed E-state index contributed by atoms with van der Waals surface area (Å²) >= 11 is 0. The first-order valence-electron chi connectivity index (χ1n) is 6.81. The summed E-state index contributed by atoms with van der Waals surface area (Å²) in [6.45, 7) is 0.825. The minimum absolute atomic E-state index is 0.177. The topological polar surface area (TPSA) is 48.0 Å². The van der Waals surface area contributed by atoms with Crippen molar-refractivity contribution in [1.29, 1.82) is 0 Å². The van der Waals surface area contributed by atoms with E-state index in [9.17, 15) is 5.11 Å². The Hall–Kier alpha value is -1.32. The smallest absolute Gasteiger partial charge is 0.0693 e. The lowest BCUT2D eigenvalue weighted by molar-refractivity contribution is 0.0903. The van der Waals surface area contributed by atoms with Crippen LogP contribution in [0.2, 0.25) is 0 Å². The Labute approximate surface area is 107 Å². The lowest BCUT2D eigenvalue weighted by atomic mass is 9.92. The van der Waals surface area contributed by atoms with E-state index < -0.39 is 0 Å². The molecular weight excluding hydrogens is 224 g/mol. The van der Waals surface area contributed by atoms with Crippen molar-refractivity contribution < 1.29 is 5.11 Å². The average molecular weight is 244 g/mol. The van der Waals surface area contributed by atoms with Gasteiger partial charge in [-0.1, -0.05) is 31.0 Å². The molecule has 0 radical (unpaired) electrons. The highest BCUT2D eigenvalue weighted by molar-refractivity contribution is 5.82. The van der Waals surface area contributed by atoms with E-state index in [2.05, 4.69) is 34.7 Å². The number of benzene rings is 1. The third-order valence-corrected chi connectivity index (χ3v) is 3.96. The number of hydrogen-bond donors (Lipinski definition) is 3. The number of hydrogen-bond acceptors (Lipinski definition) is 2. The SMILES string of the molecule is OC1CCCCC1NCc1c[nH]c2ccccc12. The fourth-order valence-corrected chi connectivity index (χ4v) is 2.87. The highest BCUT2D eigenvalue weighted by atomic mass is 16.3. The van der Waals surface area contributed by atoms with Crippen molar-refractivity contribution in [3.8, 4) is 0 Å². The minimum atomic E-state index is -0.177. The molecule has 1 saturated carbocycles. The molecule has 0 saturated heterocycles. The van der Waals surface area contributed by atoms with Crippen LogP contribution < -0.4 is 5.32 Å². The number of rotatable bonds is 3. The zero-order chi connectivity index (χ0) is 12.4. The molecule has 96 valence electrons. The number of aromatic amines is 1. The molecule has 0 amide bonds. The molecule has 3 nitrogen and oxygen atoms in total. The molecule has 1 aromatic carbocycles. The van der Waals surface area contributed by atoms with Gasteiger partial charge >= 0.3 is 0 Å². The van der Waals surface area contributed by atoms with Crippen LogP contribution >= 0.6 is 0 Å². The van der Waals surface area contributed by atoms with Gasteiger partial charge in [-0.25, -0.2) is 0 Å². The van der Waals surface area contributed by atoms with E-state index in [0.717, 1.165) is 25.8 Å². The minimum Gasteiger partial charge on any atom is -0.392 e. The molecule has 0 bridgehead atoms. The summed E-state index contributed by atoms with van der Waals surface area (Å²) in [6, 6.07) is 8.59. The summed E-state index contributed by atoms with van der Waals surface area (Å²) in [5.41, 5.74) is 2.46.